The van der Waals surface area contributed by atoms with Gasteiger partial charge in [0, 0.05) is 20.7 Å². The van der Waals surface area contributed by atoms with Gasteiger partial charge in [-0.2, -0.15) is 0 Å². The first-order valence-corrected chi connectivity index (χ1v) is 9.73. The summed E-state index contributed by atoms with van der Waals surface area (Å²) < 4.78 is 0. The molecule has 2 unspecified atom stereocenters. The highest BCUT2D eigenvalue weighted by Gasteiger charge is 2.28. The first-order valence-electron chi connectivity index (χ1n) is 6.73. The summed E-state index contributed by atoms with van der Waals surface area (Å²) in [7, 11) is 0. The molecule has 116 valence electrons. The highest BCUT2D eigenvalue weighted by atomic mass is 79.9. The Morgan fingerprint density at radius 3 is 1.59 bits per heavy atom. The molecule has 0 amide bonds. The van der Waals surface area contributed by atoms with E-state index in [-0.39, 0.29) is 17.6 Å². The van der Waals surface area contributed by atoms with Crippen molar-refractivity contribution in [3.05, 3.63) is 69.7 Å². The number of carbonyl (C=O) groups is 1. The molecule has 22 heavy (non-hydrogen) atoms. The number of Topliss-reactive ketones (excluding diaryl/α,β-unsaturated/α-hetero) is 1. The van der Waals surface area contributed by atoms with Crippen LogP contribution in [0.3, 0.4) is 0 Å². The van der Waals surface area contributed by atoms with E-state index in [1.54, 1.807) is 12.1 Å². The summed E-state index contributed by atoms with van der Waals surface area (Å²) in [5.41, 5.74) is 1.84. The van der Waals surface area contributed by atoms with Crippen LogP contribution in [0.1, 0.15) is 23.0 Å². The van der Waals surface area contributed by atoms with Gasteiger partial charge in [0.25, 0.3) is 0 Å². The fraction of sp³-hybridized carbons (Fsp3) is 0.235. The topological polar surface area (TPSA) is 17.1 Å². The predicted octanol–water partition coefficient (Wildman–Crippen LogP) is 6.22. The summed E-state index contributed by atoms with van der Waals surface area (Å²) in [5, 5.41) is 2.37. The summed E-state index contributed by atoms with van der Waals surface area (Å²) in [6.07, 6.45) is 0. The maximum absolute atomic E-state index is 13.0. The van der Waals surface area contributed by atoms with Gasteiger partial charge >= 0.3 is 0 Å². The molecule has 2 rings (SSSR count). The molecule has 0 bridgehead atoms. The zero-order valence-electron chi connectivity index (χ0n) is 11.6. The van der Waals surface area contributed by atoms with Gasteiger partial charge in [0.05, 0.1) is 11.8 Å². The monoisotopic (exact) mass is 462 g/mol. The number of ketones is 1. The van der Waals surface area contributed by atoms with Gasteiger partial charge in [0.2, 0.25) is 0 Å². The molecule has 0 heterocycles. The molecule has 0 aromatic heterocycles. The third-order valence-corrected chi connectivity index (χ3v) is 5.26. The van der Waals surface area contributed by atoms with Gasteiger partial charge in [-0.3, -0.25) is 4.79 Å². The molecule has 2 aromatic carbocycles. The minimum atomic E-state index is -0.250. The van der Waals surface area contributed by atoms with Gasteiger partial charge in [0.15, 0.2) is 0 Å². The molecule has 0 aliphatic carbocycles. The smallest absolute Gasteiger partial charge is 0.149 e. The minimum Gasteiger partial charge on any atom is -0.298 e. The normalized spacial score (nSPS) is 13.6. The fourth-order valence-corrected chi connectivity index (χ4v) is 4.13. The third kappa shape index (κ3) is 4.35. The zero-order chi connectivity index (χ0) is 16.1. The zero-order valence-corrected chi connectivity index (χ0v) is 16.3. The lowest BCUT2D eigenvalue weighted by molar-refractivity contribution is -0.121. The molecule has 0 aliphatic heterocycles. The van der Waals surface area contributed by atoms with Crippen LogP contribution in [0, 0.1) is 0 Å². The second kappa shape index (κ2) is 8.49. The number of alkyl halides is 2. The Kier molecular flexibility index (Phi) is 6.94. The van der Waals surface area contributed by atoms with Crippen molar-refractivity contribution < 1.29 is 4.79 Å². The number of carbonyl (C=O) groups excluding carboxylic acids is 1. The van der Waals surface area contributed by atoms with E-state index in [9.17, 15) is 4.79 Å². The van der Waals surface area contributed by atoms with Crippen molar-refractivity contribution >= 4 is 60.8 Å². The number of benzene rings is 2. The van der Waals surface area contributed by atoms with Crippen LogP contribution in [-0.4, -0.2) is 16.4 Å². The van der Waals surface area contributed by atoms with Crippen molar-refractivity contribution in [2.24, 2.45) is 0 Å². The highest BCUT2D eigenvalue weighted by molar-refractivity contribution is 9.09. The summed E-state index contributed by atoms with van der Waals surface area (Å²) in [5.74, 6) is -0.362. The van der Waals surface area contributed by atoms with Gasteiger partial charge in [-0.15, -0.1) is 0 Å². The molecule has 0 N–H and O–H groups in total. The van der Waals surface area contributed by atoms with Crippen LogP contribution in [0.2, 0.25) is 10.0 Å². The lowest BCUT2D eigenvalue weighted by Crippen LogP contribution is -2.23. The van der Waals surface area contributed by atoms with Crippen LogP contribution < -0.4 is 0 Å². The van der Waals surface area contributed by atoms with Gasteiger partial charge in [-0.05, 0) is 35.4 Å². The Morgan fingerprint density at radius 2 is 1.27 bits per heavy atom. The lowest BCUT2D eigenvalue weighted by atomic mass is 9.86. The van der Waals surface area contributed by atoms with Crippen LogP contribution in [0.4, 0.5) is 0 Å². The molecule has 0 saturated carbocycles. The van der Waals surface area contributed by atoms with Crippen LogP contribution in [0.5, 0.6) is 0 Å². The Hall–Kier alpha value is -0.350. The average Bonchev–Trinajstić information content (AvgIpc) is 2.49. The Morgan fingerprint density at radius 1 is 0.864 bits per heavy atom. The van der Waals surface area contributed by atoms with Crippen molar-refractivity contribution in [3.63, 3.8) is 0 Å². The molecule has 0 saturated heterocycles. The number of hydrogen-bond acceptors (Lipinski definition) is 1. The molecule has 0 spiro atoms. The van der Waals surface area contributed by atoms with Crippen LogP contribution >= 0.6 is 55.1 Å². The third-order valence-electron chi connectivity index (χ3n) is 3.50. The SMILES string of the molecule is O=C(C(CBr)c1cccc(Cl)c1)C(CBr)c1cccc(Cl)c1. The quantitative estimate of drug-likeness (QED) is 0.464. The first-order chi connectivity index (χ1) is 10.6. The minimum absolute atomic E-state index is 0.137. The van der Waals surface area contributed by atoms with Crippen molar-refractivity contribution in [1.82, 2.24) is 0 Å². The molecule has 0 fully saturated rings. The summed E-state index contributed by atoms with van der Waals surface area (Å²) in [6, 6.07) is 14.9. The van der Waals surface area contributed by atoms with Crippen molar-refractivity contribution in [3.8, 4) is 0 Å². The van der Waals surface area contributed by atoms with Crippen molar-refractivity contribution in [2.75, 3.05) is 10.7 Å². The van der Waals surface area contributed by atoms with Crippen molar-refractivity contribution in [2.45, 2.75) is 11.8 Å². The van der Waals surface area contributed by atoms with E-state index in [1.807, 2.05) is 36.4 Å². The van der Waals surface area contributed by atoms with Crippen LogP contribution in [0.15, 0.2) is 48.5 Å². The van der Waals surface area contributed by atoms with E-state index >= 15 is 0 Å². The number of halogens is 4. The van der Waals surface area contributed by atoms with E-state index in [0.29, 0.717) is 20.7 Å². The lowest BCUT2D eigenvalue weighted by Gasteiger charge is -2.20. The van der Waals surface area contributed by atoms with Crippen LogP contribution in [-0.2, 0) is 4.79 Å². The second-order valence-corrected chi connectivity index (χ2v) is 7.09. The number of rotatable bonds is 6. The van der Waals surface area contributed by atoms with Gasteiger partial charge in [-0.1, -0.05) is 79.3 Å². The maximum Gasteiger partial charge on any atom is 0.149 e. The summed E-state index contributed by atoms with van der Waals surface area (Å²) in [6.45, 7) is 0. The van der Waals surface area contributed by atoms with E-state index in [2.05, 4.69) is 31.9 Å². The van der Waals surface area contributed by atoms with E-state index in [0.717, 1.165) is 11.1 Å². The Bertz CT molecular complexity index is 605. The molecule has 2 atom stereocenters. The molecule has 2 aromatic rings. The first kappa shape index (κ1) is 18.0. The van der Waals surface area contributed by atoms with Crippen LogP contribution in [0.25, 0.3) is 0 Å². The molecule has 0 radical (unpaired) electrons. The highest BCUT2D eigenvalue weighted by Crippen LogP contribution is 2.31. The Balaban J connectivity index is 2.33. The average molecular weight is 465 g/mol. The van der Waals surface area contributed by atoms with Gasteiger partial charge < -0.3 is 0 Å². The number of hydrogen-bond donors (Lipinski definition) is 0. The standard InChI is InChI=1S/C17H14Br2Cl2O/c18-9-15(11-3-1-5-13(20)7-11)17(22)16(10-19)12-4-2-6-14(21)8-12/h1-8,15-16H,9-10H2. The summed E-state index contributed by atoms with van der Waals surface area (Å²) >= 11 is 19.0. The molecule has 1 nitrogen and oxygen atoms in total. The molecule has 5 heteroatoms. The van der Waals surface area contributed by atoms with Gasteiger partial charge in [0.1, 0.15) is 5.78 Å². The molecular formula is C17H14Br2Cl2O. The van der Waals surface area contributed by atoms with E-state index in [4.69, 9.17) is 23.2 Å². The second-order valence-electron chi connectivity index (χ2n) is 4.93. The summed E-state index contributed by atoms with van der Waals surface area (Å²) in [4.78, 5) is 13.0. The Labute approximate surface area is 157 Å². The van der Waals surface area contributed by atoms with E-state index < -0.39 is 0 Å². The molecule has 0 aliphatic rings. The fourth-order valence-electron chi connectivity index (χ4n) is 2.35. The van der Waals surface area contributed by atoms with Crippen molar-refractivity contribution in [1.29, 1.82) is 0 Å². The largest absolute Gasteiger partial charge is 0.298 e. The van der Waals surface area contributed by atoms with E-state index in [1.165, 1.54) is 0 Å². The molecular weight excluding hydrogens is 451 g/mol. The predicted molar refractivity (Wildman–Crippen MR) is 101 cm³/mol. The maximum atomic E-state index is 13.0. The van der Waals surface area contributed by atoms with Gasteiger partial charge in [-0.25, -0.2) is 0 Å².